The molecule has 1 saturated heterocycles. The molecule has 2 aromatic rings. The number of nitrogens with zero attached hydrogens (tertiary/aromatic N) is 3. The highest BCUT2D eigenvalue weighted by atomic mass is 35.5. The first kappa shape index (κ1) is 14.1. The van der Waals surface area contributed by atoms with Crippen molar-refractivity contribution in [1.29, 1.82) is 0 Å². The maximum Gasteiger partial charge on any atom is 0.244 e. The lowest BCUT2D eigenvalue weighted by molar-refractivity contribution is -0.133. The molecule has 110 valence electrons. The van der Waals surface area contributed by atoms with Gasteiger partial charge in [-0.05, 0) is 36.6 Å². The zero-order chi connectivity index (χ0) is 14.7. The minimum atomic E-state index is 0.136. The van der Waals surface area contributed by atoms with E-state index in [0.29, 0.717) is 12.5 Å². The molecule has 0 aliphatic carbocycles. The highest BCUT2D eigenvalue weighted by Crippen LogP contribution is 2.27. The maximum absolute atomic E-state index is 12.3. The third-order valence-electron chi connectivity index (χ3n) is 3.97. The minimum Gasteiger partial charge on any atom is -0.340 e. The smallest absolute Gasteiger partial charge is 0.244 e. The fourth-order valence-electron chi connectivity index (χ4n) is 2.84. The summed E-state index contributed by atoms with van der Waals surface area (Å²) in [6.45, 7) is 1.94. The SMILES string of the molecule is O=C(Cn1cccn1)N1CCC[C@@H](c2ccc(Cl)cc2)C1. The van der Waals surface area contributed by atoms with Gasteiger partial charge in [-0.2, -0.15) is 5.10 Å². The quantitative estimate of drug-likeness (QED) is 0.874. The summed E-state index contributed by atoms with van der Waals surface area (Å²) in [5.41, 5.74) is 1.26. The second-order valence-corrected chi connectivity index (χ2v) is 5.87. The van der Waals surface area contributed by atoms with E-state index in [4.69, 9.17) is 11.6 Å². The van der Waals surface area contributed by atoms with Gasteiger partial charge in [0.05, 0.1) is 0 Å². The Morgan fingerprint density at radius 3 is 2.86 bits per heavy atom. The lowest BCUT2D eigenvalue weighted by atomic mass is 9.90. The van der Waals surface area contributed by atoms with Crippen LogP contribution in [0.2, 0.25) is 5.02 Å². The van der Waals surface area contributed by atoms with Crippen LogP contribution in [0.25, 0.3) is 0 Å². The number of carbonyl (C=O) groups is 1. The second kappa shape index (κ2) is 6.31. The Labute approximate surface area is 129 Å². The van der Waals surface area contributed by atoms with Crippen LogP contribution in [-0.4, -0.2) is 33.7 Å². The number of benzene rings is 1. The van der Waals surface area contributed by atoms with E-state index in [1.807, 2.05) is 29.3 Å². The molecule has 1 aromatic heterocycles. The van der Waals surface area contributed by atoms with E-state index in [9.17, 15) is 4.79 Å². The van der Waals surface area contributed by atoms with Crippen molar-refractivity contribution in [2.24, 2.45) is 0 Å². The van der Waals surface area contributed by atoms with Crippen LogP contribution in [0.1, 0.15) is 24.3 Å². The molecule has 4 nitrogen and oxygen atoms in total. The van der Waals surface area contributed by atoms with Gasteiger partial charge in [0.15, 0.2) is 0 Å². The molecule has 1 amide bonds. The van der Waals surface area contributed by atoms with Gasteiger partial charge in [-0.25, -0.2) is 0 Å². The van der Waals surface area contributed by atoms with Crippen LogP contribution < -0.4 is 0 Å². The Morgan fingerprint density at radius 1 is 1.33 bits per heavy atom. The van der Waals surface area contributed by atoms with E-state index in [0.717, 1.165) is 31.0 Å². The Kier molecular flexibility index (Phi) is 4.25. The van der Waals surface area contributed by atoms with E-state index in [1.54, 1.807) is 10.9 Å². The number of piperidine rings is 1. The Bertz CT molecular complexity index is 594. The van der Waals surface area contributed by atoms with Crippen LogP contribution in [0.4, 0.5) is 0 Å². The molecule has 0 saturated carbocycles. The third-order valence-corrected chi connectivity index (χ3v) is 4.22. The summed E-state index contributed by atoms with van der Waals surface area (Å²) in [4.78, 5) is 14.3. The maximum atomic E-state index is 12.3. The summed E-state index contributed by atoms with van der Waals surface area (Å²) in [5, 5.41) is 4.84. The summed E-state index contributed by atoms with van der Waals surface area (Å²) < 4.78 is 1.67. The molecule has 1 aliphatic heterocycles. The molecule has 2 heterocycles. The van der Waals surface area contributed by atoms with Crippen LogP contribution in [0, 0.1) is 0 Å². The van der Waals surface area contributed by atoms with E-state index >= 15 is 0 Å². The van der Waals surface area contributed by atoms with Gasteiger partial charge in [-0.1, -0.05) is 23.7 Å². The lowest BCUT2D eigenvalue weighted by Crippen LogP contribution is -2.40. The molecule has 5 heteroatoms. The molecule has 1 aromatic carbocycles. The topological polar surface area (TPSA) is 38.1 Å². The molecular formula is C16H18ClN3O. The minimum absolute atomic E-state index is 0.136. The normalized spacial score (nSPS) is 18.7. The molecule has 0 N–H and O–H groups in total. The number of aromatic nitrogens is 2. The Morgan fingerprint density at radius 2 is 2.14 bits per heavy atom. The predicted octanol–water partition coefficient (Wildman–Crippen LogP) is 2.94. The van der Waals surface area contributed by atoms with Gasteiger partial charge < -0.3 is 4.90 Å². The molecular weight excluding hydrogens is 286 g/mol. The fraction of sp³-hybridized carbons (Fsp3) is 0.375. The third kappa shape index (κ3) is 3.45. The van der Waals surface area contributed by atoms with Crippen LogP contribution in [-0.2, 0) is 11.3 Å². The fourth-order valence-corrected chi connectivity index (χ4v) is 2.97. The van der Waals surface area contributed by atoms with Gasteiger partial charge in [0.2, 0.25) is 5.91 Å². The largest absolute Gasteiger partial charge is 0.340 e. The average molecular weight is 304 g/mol. The van der Waals surface area contributed by atoms with E-state index in [2.05, 4.69) is 17.2 Å². The van der Waals surface area contributed by atoms with Gasteiger partial charge >= 0.3 is 0 Å². The number of halogens is 1. The lowest BCUT2D eigenvalue weighted by Gasteiger charge is -2.33. The number of hydrogen-bond acceptors (Lipinski definition) is 2. The molecule has 0 unspecified atom stereocenters. The Hall–Kier alpha value is -1.81. The van der Waals surface area contributed by atoms with E-state index in [1.165, 1.54) is 5.56 Å². The molecule has 0 spiro atoms. The van der Waals surface area contributed by atoms with Crippen molar-refractivity contribution in [3.8, 4) is 0 Å². The highest BCUT2D eigenvalue weighted by molar-refractivity contribution is 6.30. The summed E-state index contributed by atoms with van der Waals surface area (Å²) >= 11 is 5.93. The van der Waals surface area contributed by atoms with Crippen molar-refractivity contribution < 1.29 is 4.79 Å². The predicted molar refractivity (Wildman–Crippen MR) is 82.2 cm³/mol. The van der Waals surface area contributed by atoms with Crippen molar-refractivity contribution in [2.75, 3.05) is 13.1 Å². The van der Waals surface area contributed by atoms with Crippen molar-refractivity contribution >= 4 is 17.5 Å². The van der Waals surface area contributed by atoms with E-state index < -0.39 is 0 Å². The van der Waals surface area contributed by atoms with Crippen molar-refractivity contribution in [2.45, 2.75) is 25.3 Å². The summed E-state index contributed by atoms with van der Waals surface area (Å²) in [6.07, 6.45) is 5.67. The first-order valence-corrected chi connectivity index (χ1v) is 7.61. The molecule has 1 fully saturated rings. The first-order chi connectivity index (χ1) is 10.2. The second-order valence-electron chi connectivity index (χ2n) is 5.43. The van der Waals surface area contributed by atoms with Crippen LogP contribution in [0.5, 0.6) is 0 Å². The van der Waals surface area contributed by atoms with Crippen LogP contribution in [0.15, 0.2) is 42.7 Å². The van der Waals surface area contributed by atoms with Gasteiger partial charge in [-0.3, -0.25) is 9.48 Å². The molecule has 1 atom stereocenters. The monoisotopic (exact) mass is 303 g/mol. The standard InChI is InChI=1S/C16H18ClN3O/c17-15-6-4-13(5-7-15)14-3-1-9-19(11-14)16(21)12-20-10-2-8-18-20/h2,4-8,10,14H,1,3,9,11-12H2/t14-/m1/s1. The number of likely N-dealkylation sites (tertiary alicyclic amines) is 1. The average Bonchev–Trinajstić information content (AvgIpc) is 3.01. The first-order valence-electron chi connectivity index (χ1n) is 7.23. The number of amides is 1. The number of hydrogen-bond donors (Lipinski definition) is 0. The zero-order valence-electron chi connectivity index (χ0n) is 11.8. The zero-order valence-corrected chi connectivity index (χ0v) is 12.5. The molecule has 3 rings (SSSR count). The highest BCUT2D eigenvalue weighted by Gasteiger charge is 2.24. The number of rotatable bonds is 3. The van der Waals surface area contributed by atoms with Crippen molar-refractivity contribution in [1.82, 2.24) is 14.7 Å². The number of carbonyl (C=O) groups excluding carboxylic acids is 1. The van der Waals surface area contributed by atoms with Gasteiger partial charge in [0, 0.05) is 36.4 Å². The van der Waals surface area contributed by atoms with Crippen molar-refractivity contribution in [3.05, 3.63) is 53.3 Å². The molecule has 0 bridgehead atoms. The Balaban J connectivity index is 1.65. The van der Waals surface area contributed by atoms with Gasteiger partial charge in [-0.15, -0.1) is 0 Å². The summed E-state index contributed by atoms with van der Waals surface area (Å²) in [7, 11) is 0. The summed E-state index contributed by atoms with van der Waals surface area (Å²) in [5.74, 6) is 0.537. The molecule has 0 radical (unpaired) electrons. The molecule has 21 heavy (non-hydrogen) atoms. The van der Waals surface area contributed by atoms with E-state index in [-0.39, 0.29) is 5.91 Å². The van der Waals surface area contributed by atoms with Crippen LogP contribution in [0.3, 0.4) is 0 Å². The van der Waals surface area contributed by atoms with Gasteiger partial charge in [0.1, 0.15) is 6.54 Å². The van der Waals surface area contributed by atoms with Crippen molar-refractivity contribution in [3.63, 3.8) is 0 Å². The summed E-state index contributed by atoms with van der Waals surface area (Å²) in [6, 6.07) is 9.80. The van der Waals surface area contributed by atoms with Crippen LogP contribution >= 0.6 is 11.6 Å². The van der Waals surface area contributed by atoms with Gasteiger partial charge in [0.25, 0.3) is 0 Å². The molecule has 1 aliphatic rings.